The van der Waals surface area contributed by atoms with Crippen LogP contribution < -0.4 is 10.6 Å². The molecule has 33 heavy (non-hydrogen) atoms. The maximum Gasteiger partial charge on any atom is 0.443 e. The lowest BCUT2D eigenvalue weighted by molar-refractivity contribution is -0.137. The Hall–Kier alpha value is -2.72. The van der Waals surface area contributed by atoms with E-state index in [-0.39, 0.29) is 17.6 Å². The van der Waals surface area contributed by atoms with Gasteiger partial charge in [0.1, 0.15) is 16.5 Å². The topological polar surface area (TPSA) is 52.5 Å². The lowest BCUT2D eigenvalue weighted by Gasteiger charge is -2.36. The molecule has 1 unspecified atom stereocenters. The second kappa shape index (κ2) is 8.90. The van der Waals surface area contributed by atoms with Crippen LogP contribution in [0.3, 0.4) is 0 Å². The number of amidine groups is 1. The van der Waals surface area contributed by atoms with Crippen molar-refractivity contribution in [3.05, 3.63) is 59.0 Å². The summed E-state index contributed by atoms with van der Waals surface area (Å²) in [5.41, 5.74) is 1.56. The van der Waals surface area contributed by atoms with Gasteiger partial charge in [0.15, 0.2) is 5.84 Å². The number of nitrogens with one attached hydrogen (secondary N) is 2. The lowest BCUT2D eigenvalue weighted by Crippen LogP contribution is -2.53. The molecule has 5 rings (SSSR count). The van der Waals surface area contributed by atoms with Crippen molar-refractivity contribution in [2.45, 2.75) is 31.5 Å². The summed E-state index contributed by atoms with van der Waals surface area (Å²) in [6.45, 7) is 1.92. The van der Waals surface area contributed by atoms with Crippen LogP contribution >= 0.6 is 11.3 Å². The molecule has 2 N–H and O–H groups in total. The van der Waals surface area contributed by atoms with Gasteiger partial charge in [-0.05, 0) is 49.5 Å². The van der Waals surface area contributed by atoms with E-state index >= 15 is 0 Å². The van der Waals surface area contributed by atoms with E-state index in [0.717, 1.165) is 12.8 Å². The minimum atomic E-state index is -4.52. The molecule has 1 aromatic heterocycles. The lowest BCUT2D eigenvalue weighted by atomic mass is 9.93. The van der Waals surface area contributed by atoms with Crippen LogP contribution in [0.25, 0.3) is 0 Å². The number of alkyl halides is 3. The molecule has 0 radical (unpaired) electrons. The second-order valence-electron chi connectivity index (χ2n) is 8.39. The second-order valence-corrected chi connectivity index (χ2v) is 9.39. The first-order valence-electron chi connectivity index (χ1n) is 10.9. The van der Waals surface area contributed by atoms with Crippen LogP contribution in [0.15, 0.2) is 53.3 Å². The molecule has 5 nitrogen and oxygen atoms in total. The molecule has 0 saturated carbocycles. The summed E-state index contributed by atoms with van der Waals surface area (Å²) >= 11 is 0.603. The average molecular weight is 478 g/mol. The Balaban J connectivity index is 1.39. The molecular weight excluding hydrogens is 454 g/mol. The van der Waals surface area contributed by atoms with Crippen LogP contribution in [-0.4, -0.2) is 41.4 Å². The first kappa shape index (κ1) is 22.1. The number of fused-ring (bicyclic) bond motifs is 2. The van der Waals surface area contributed by atoms with E-state index in [2.05, 4.69) is 15.6 Å². The van der Waals surface area contributed by atoms with Gasteiger partial charge >= 0.3 is 6.18 Å². The summed E-state index contributed by atoms with van der Waals surface area (Å²) in [6.07, 6.45) is 2.99. The molecule has 1 fully saturated rings. The van der Waals surface area contributed by atoms with Gasteiger partial charge in [-0.3, -0.25) is 0 Å². The van der Waals surface area contributed by atoms with Crippen molar-refractivity contribution < 1.29 is 17.6 Å². The van der Waals surface area contributed by atoms with E-state index in [9.17, 15) is 17.6 Å². The minimum absolute atomic E-state index is 0.154. The number of para-hydroxylation sites is 2. The summed E-state index contributed by atoms with van der Waals surface area (Å²) in [7, 11) is 0. The van der Waals surface area contributed by atoms with Crippen LogP contribution in [0.1, 0.15) is 30.0 Å². The summed E-state index contributed by atoms with van der Waals surface area (Å²) in [4.78, 5) is 10.7. The highest BCUT2D eigenvalue weighted by molar-refractivity contribution is 7.16. The fourth-order valence-corrected chi connectivity index (χ4v) is 5.18. The van der Waals surface area contributed by atoms with Crippen LogP contribution in [-0.2, 0) is 6.18 Å². The summed E-state index contributed by atoms with van der Waals surface area (Å²) in [5.74, 6) is 0.571. The third-order valence-electron chi connectivity index (χ3n) is 6.04. The van der Waals surface area contributed by atoms with E-state index in [1.54, 1.807) is 12.1 Å². The number of aliphatic imine (C=N–C) groups is 1. The molecule has 2 aromatic rings. The summed E-state index contributed by atoms with van der Waals surface area (Å²) < 4.78 is 53.5. The number of piperazine rings is 1. The molecule has 0 bridgehead atoms. The normalized spacial score (nSPS) is 22.6. The average Bonchev–Trinajstić information content (AvgIpc) is 3.16. The molecule has 1 saturated heterocycles. The zero-order valence-electron chi connectivity index (χ0n) is 17.7. The Kier molecular flexibility index (Phi) is 5.96. The van der Waals surface area contributed by atoms with Gasteiger partial charge in [-0.1, -0.05) is 29.5 Å². The third-order valence-corrected chi connectivity index (χ3v) is 7.06. The fourth-order valence-electron chi connectivity index (χ4n) is 4.34. The Labute approximate surface area is 192 Å². The molecular formula is C23H23F4N5S. The number of hydrogen-bond acceptors (Lipinski definition) is 6. The number of thiazole rings is 1. The van der Waals surface area contributed by atoms with Gasteiger partial charge in [0, 0.05) is 25.7 Å². The predicted molar refractivity (Wildman–Crippen MR) is 122 cm³/mol. The van der Waals surface area contributed by atoms with Crippen molar-refractivity contribution in [2.24, 2.45) is 10.9 Å². The first-order chi connectivity index (χ1) is 15.9. The number of aromatic nitrogens is 1. The Morgan fingerprint density at radius 3 is 2.82 bits per heavy atom. The minimum Gasteiger partial charge on any atom is -0.352 e. The Morgan fingerprint density at radius 2 is 2.03 bits per heavy atom. The van der Waals surface area contributed by atoms with Gasteiger partial charge in [-0.15, -0.1) is 0 Å². The van der Waals surface area contributed by atoms with E-state index < -0.39 is 11.2 Å². The van der Waals surface area contributed by atoms with Crippen LogP contribution in [0.5, 0.6) is 0 Å². The first-order valence-corrected chi connectivity index (χ1v) is 11.7. The monoisotopic (exact) mass is 477 g/mol. The van der Waals surface area contributed by atoms with Crippen molar-refractivity contribution in [1.29, 1.82) is 0 Å². The van der Waals surface area contributed by atoms with Gasteiger partial charge in [-0.25, -0.2) is 14.4 Å². The fraction of sp³-hybridized carbons (Fsp3) is 0.391. The highest BCUT2D eigenvalue weighted by Gasteiger charge is 2.38. The van der Waals surface area contributed by atoms with Gasteiger partial charge in [0.2, 0.25) is 5.01 Å². The number of rotatable bonds is 3. The third kappa shape index (κ3) is 4.81. The number of anilines is 2. The van der Waals surface area contributed by atoms with Gasteiger partial charge < -0.3 is 15.5 Å². The molecule has 2 atom stereocenters. The number of allylic oxidation sites excluding steroid dienone is 4. The summed E-state index contributed by atoms with van der Waals surface area (Å²) in [6, 6.07) is 7.46. The predicted octanol–water partition coefficient (Wildman–Crippen LogP) is 5.78. The van der Waals surface area contributed by atoms with Crippen molar-refractivity contribution in [2.75, 3.05) is 25.0 Å². The van der Waals surface area contributed by atoms with Gasteiger partial charge in [-0.2, -0.15) is 13.2 Å². The highest BCUT2D eigenvalue weighted by Crippen LogP contribution is 2.42. The molecule has 10 heteroatoms. The van der Waals surface area contributed by atoms with Gasteiger partial charge in [0.25, 0.3) is 0 Å². The molecule has 2 aliphatic heterocycles. The van der Waals surface area contributed by atoms with Crippen LogP contribution in [0.2, 0.25) is 0 Å². The Bertz CT molecular complexity index is 1120. The number of hydrogen-bond donors (Lipinski definition) is 2. The maximum atomic E-state index is 13.4. The van der Waals surface area contributed by atoms with Gasteiger partial charge in [0.05, 0.1) is 11.4 Å². The molecule has 3 aliphatic rings. The molecule has 0 spiro atoms. The van der Waals surface area contributed by atoms with Crippen molar-refractivity contribution in [1.82, 2.24) is 15.2 Å². The van der Waals surface area contributed by atoms with E-state index in [1.807, 2.05) is 29.2 Å². The molecule has 3 heterocycles. The molecule has 174 valence electrons. The van der Waals surface area contributed by atoms with Crippen molar-refractivity contribution >= 4 is 33.5 Å². The molecule has 0 amide bonds. The van der Waals surface area contributed by atoms with E-state index in [4.69, 9.17) is 4.99 Å². The number of benzene rings is 1. The number of halogens is 4. The molecule has 1 aliphatic carbocycles. The standard InChI is InChI=1S/C23H23F4N5S/c24-15-8-5-14(6-9-15)7-10-16-13-32(12-11-28-16)20-19-21(33-22(31-19)23(25,26)27)30-18-4-2-1-3-17(18)29-20/h1-5,8-9,14,16,28,30H,6-7,10-13H2/t14?,16-/m0/s1. The maximum absolute atomic E-state index is 13.4. The largest absolute Gasteiger partial charge is 0.443 e. The van der Waals surface area contributed by atoms with Crippen LogP contribution in [0.4, 0.5) is 33.9 Å². The van der Waals surface area contributed by atoms with Crippen molar-refractivity contribution in [3.8, 4) is 0 Å². The van der Waals surface area contributed by atoms with Crippen molar-refractivity contribution in [3.63, 3.8) is 0 Å². The van der Waals surface area contributed by atoms with E-state index in [1.165, 1.54) is 6.08 Å². The SMILES string of the molecule is FC1=CCC(CC[C@H]2CN(C3=Nc4ccccc4Nc4sc(C(F)(F)F)nc43)CCN2)C=C1. The smallest absolute Gasteiger partial charge is 0.352 e. The quantitative estimate of drug-likeness (QED) is 0.551. The van der Waals surface area contributed by atoms with E-state index in [0.29, 0.717) is 65.5 Å². The highest BCUT2D eigenvalue weighted by atomic mass is 32.1. The zero-order chi connectivity index (χ0) is 23.0. The zero-order valence-corrected chi connectivity index (χ0v) is 18.5. The number of nitrogens with zero attached hydrogens (tertiary/aromatic N) is 3. The molecule has 1 aromatic carbocycles. The summed E-state index contributed by atoms with van der Waals surface area (Å²) in [5, 5.41) is 6.07. The Morgan fingerprint density at radius 1 is 1.18 bits per heavy atom. The van der Waals surface area contributed by atoms with Crippen LogP contribution in [0, 0.1) is 5.92 Å².